The van der Waals surface area contributed by atoms with Gasteiger partial charge in [-0.3, -0.25) is 0 Å². The summed E-state index contributed by atoms with van der Waals surface area (Å²) in [6, 6.07) is 0. The summed E-state index contributed by atoms with van der Waals surface area (Å²) in [6.45, 7) is -0.103. The molecular formula is C9H14N6O2. The van der Waals surface area contributed by atoms with Gasteiger partial charge in [0.15, 0.2) is 11.5 Å². The second-order valence-corrected chi connectivity index (χ2v) is 3.46. The monoisotopic (exact) mass is 238 g/mol. The highest BCUT2D eigenvalue weighted by atomic mass is 16.3. The molecule has 17 heavy (non-hydrogen) atoms. The molecule has 2 heterocycles. The number of rotatable bonds is 5. The van der Waals surface area contributed by atoms with Crippen molar-refractivity contribution < 1.29 is 10.2 Å². The SMILES string of the molecule is CNc1nc(NCC(O)CO)c2[nH]cnc2n1. The highest BCUT2D eigenvalue weighted by Crippen LogP contribution is 2.18. The Kier molecular flexibility index (Phi) is 3.35. The van der Waals surface area contributed by atoms with Gasteiger partial charge < -0.3 is 25.8 Å². The Morgan fingerprint density at radius 1 is 1.47 bits per heavy atom. The van der Waals surface area contributed by atoms with Crippen LogP contribution in [0.2, 0.25) is 0 Å². The van der Waals surface area contributed by atoms with Crippen molar-refractivity contribution in [1.82, 2.24) is 19.9 Å². The van der Waals surface area contributed by atoms with E-state index >= 15 is 0 Å². The van der Waals surface area contributed by atoms with Crippen LogP contribution in [0.3, 0.4) is 0 Å². The first-order valence-corrected chi connectivity index (χ1v) is 5.16. The zero-order valence-corrected chi connectivity index (χ0v) is 9.30. The Balaban J connectivity index is 2.27. The molecule has 8 nitrogen and oxygen atoms in total. The molecular weight excluding hydrogens is 224 g/mol. The molecule has 2 aromatic heterocycles. The second kappa shape index (κ2) is 4.93. The number of hydrogen-bond donors (Lipinski definition) is 5. The van der Waals surface area contributed by atoms with E-state index in [2.05, 4.69) is 30.6 Å². The Morgan fingerprint density at radius 3 is 3.00 bits per heavy atom. The van der Waals surface area contributed by atoms with Crippen molar-refractivity contribution in [3.8, 4) is 0 Å². The topological polar surface area (TPSA) is 119 Å². The standard InChI is InChI=1S/C9H14N6O2/c1-10-9-14-7(11-2-5(17)3-16)6-8(15-9)13-4-12-6/h4-5,16-17H,2-3H2,1H3,(H3,10,11,12,13,14,15). The first-order valence-electron chi connectivity index (χ1n) is 5.16. The van der Waals surface area contributed by atoms with Gasteiger partial charge in [0.25, 0.3) is 0 Å². The van der Waals surface area contributed by atoms with E-state index in [0.29, 0.717) is 22.9 Å². The lowest BCUT2D eigenvalue weighted by atomic mass is 10.3. The molecule has 92 valence electrons. The summed E-state index contributed by atoms with van der Waals surface area (Å²) in [7, 11) is 1.71. The minimum absolute atomic E-state index is 0.199. The van der Waals surface area contributed by atoms with E-state index < -0.39 is 6.10 Å². The van der Waals surface area contributed by atoms with Crippen LogP contribution in [0.15, 0.2) is 6.33 Å². The highest BCUT2D eigenvalue weighted by Gasteiger charge is 2.10. The number of nitrogens with one attached hydrogen (secondary N) is 3. The lowest BCUT2D eigenvalue weighted by Crippen LogP contribution is -2.23. The predicted molar refractivity (Wildman–Crippen MR) is 62.8 cm³/mol. The second-order valence-electron chi connectivity index (χ2n) is 3.46. The summed E-state index contributed by atoms with van der Waals surface area (Å²) in [6.07, 6.45) is 0.688. The lowest BCUT2D eigenvalue weighted by Gasteiger charge is -2.10. The third-order valence-electron chi connectivity index (χ3n) is 2.23. The fraction of sp³-hybridized carbons (Fsp3) is 0.444. The third kappa shape index (κ3) is 2.43. The molecule has 0 saturated carbocycles. The van der Waals surface area contributed by atoms with E-state index in [1.54, 1.807) is 7.05 Å². The van der Waals surface area contributed by atoms with E-state index in [1.165, 1.54) is 6.33 Å². The highest BCUT2D eigenvalue weighted by molar-refractivity contribution is 5.83. The van der Waals surface area contributed by atoms with E-state index in [4.69, 9.17) is 5.11 Å². The van der Waals surface area contributed by atoms with Gasteiger partial charge in [-0.1, -0.05) is 0 Å². The van der Waals surface area contributed by atoms with E-state index in [0.717, 1.165) is 0 Å². The first-order chi connectivity index (χ1) is 8.24. The van der Waals surface area contributed by atoms with Gasteiger partial charge in [-0.25, -0.2) is 4.98 Å². The van der Waals surface area contributed by atoms with Gasteiger partial charge in [-0.05, 0) is 0 Å². The van der Waals surface area contributed by atoms with Crippen LogP contribution in [0.25, 0.3) is 11.2 Å². The number of fused-ring (bicyclic) bond motifs is 1. The summed E-state index contributed by atoms with van der Waals surface area (Å²) in [5, 5.41) is 23.8. The largest absolute Gasteiger partial charge is 0.394 e. The van der Waals surface area contributed by atoms with Gasteiger partial charge in [-0.2, -0.15) is 9.97 Å². The Hall–Kier alpha value is -1.93. The maximum Gasteiger partial charge on any atom is 0.226 e. The fourth-order valence-electron chi connectivity index (χ4n) is 1.35. The number of anilines is 2. The molecule has 0 radical (unpaired) electrons. The maximum atomic E-state index is 9.27. The number of aromatic amines is 1. The average molecular weight is 238 g/mol. The summed E-state index contributed by atoms with van der Waals surface area (Å²) in [5.74, 6) is 0.968. The molecule has 2 rings (SSSR count). The van der Waals surface area contributed by atoms with Gasteiger partial charge in [0.05, 0.1) is 19.0 Å². The zero-order valence-electron chi connectivity index (χ0n) is 9.30. The van der Waals surface area contributed by atoms with Crippen LogP contribution in [0.5, 0.6) is 0 Å². The van der Waals surface area contributed by atoms with E-state index in [9.17, 15) is 5.11 Å². The molecule has 0 spiro atoms. The van der Waals surface area contributed by atoms with Crippen LogP contribution < -0.4 is 10.6 Å². The maximum absolute atomic E-state index is 9.27. The Bertz CT molecular complexity index is 499. The first kappa shape index (κ1) is 11.6. The quantitative estimate of drug-likeness (QED) is 0.460. The summed E-state index contributed by atoms with van der Waals surface area (Å²) >= 11 is 0. The molecule has 0 bridgehead atoms. The molecule has 2 aromatic rings. The lowest BCUT2D eigenvalue weighted by molar-refractivity contribution is 0.105. The van der Waals surface area contributed by atoms with Gasteiger partial charge in [0, 0.05) is 13.6 Å². The summed E-state index contributed by atoms with van der Waals surface area (Å²) < 4.78 is 0. The van der Waals surface area contributed by atoms with Gasteiger partial charge in [0.1, 0.15) is 5.52 Å². The van der Waals surface area contributed by atoms with Crippen molar-refractivity contribution >= 4 is 22.9 Å². The molecule has 0 aliphatic rings. The van der Waals surface area contributed by atoms with Crippen LogP contribution in [0.4, 0.5) is 11.8 Å². The van der Waals surface area contributed by atoms with Gasteiger partial charge in [0.2, 0.25) is 5.95 Å². The minimum Gasteiger partial charge on any atom is -0.394 e. The van der Waals surface area contributed by atoms with Crippen molar-refractivity contribution in [2.45, 2.75) is 6.10 Å². The van der Waals surface area contributed by atoms with Crippen molar-refractivity contribution in [1.29, 1.82) is 0 Å². The van der Waals surface area contributed by atoms with Crippen LogP contribution in [0, 0.1) is 0 Å². The van der Waals surface area contributed by atoms with Crippen molar-refractivity contribution in [2.75, 3.05) is 30.8 Å². The molecule has 0 aliphatic carbocycles. The number of imidazole rings is 1. The Morgan fingerprint density at radius 2 is 2.29 bits per heavy atom. The zero-order chi connectivity index (χ0) is 12.3. The fourth-order valence-corrected chi connectivity index (χ4v) is 1.35. The average Bonchev–Trinajstić information content (AvgIpc) is 2.83. The molecule has 8 heteroatoms. The molecule has 0 fully saturated rings. The third-order valence-corrected chi connectivity index (χ3v) is 2.23. The predicted octanol–water partition coefficient (Wildman–Crippen LogP) is -0.840. The van der Waals surface area contributed by atoms with Crippen molar-refractivity contribution in [3.63, 3.8) is 0 Å². The number of H-pyrrole nitrogens is 1. The van der Waals surface area contributed by atoms with Crippen LogP contribution in [0.1, 0.15) is 0 Å². The van der Waals surface area contributed by atoms with Gasteiger partial charge >= 0.3 is 0 Å². The minimum atomic E-state index is -0.832. The van der Waals surface area contributed by atoms with Crippen molar-refractivity contribution in [3.05, 3.63) is 6.33 Å². The van der Waals surface area contributed by atoms with Gasteiger partial charge in [-0.15, -0.1) is 0 Å². The number of hydrogen-bond acceptors (Lipinski definition) is 7. The summed E-state index contributed by atoms with van der Waals surface area (Å²) in [5.41, 5.74) is 1.19. The summed E-state index contributed by atoms with van der Waals surface area (Å²) in [4.78, 5) is 15.3. The number of aliphatic hydroxyl groups is 2. The van der Waals surface area contributed by atoms with Crippen LogP contribution in [-0.2, 0) is 0 Å². The number of aromatic nitrogens is 4. The number of nitrogens with zero attached hydrogens (tertiary/aromatic N) is 3. The van der Waals surface area contributed by atoms with E-state index in [-0.39, 0.29) is 13.2 Å². The van der Waals surface area contributed by atoms with Crippen molar-refractivity contribution in [2.24, 2.45) is 0 Å². The number of aliphatic hydroxyl groups excluding tert-OH is 2. The van der Waals surface area contributed by atoms with E-state index in [1.807, 2.05) is 0 Å². The smallest absolute Gasteiger partial charge is 0.226 e. The molecule has 5 N–H and O–H groups in total. The normalized spacial score (nSPS) is 12.6. The Labute approximate surface area is 97.1 Å². The van der Waals surface area contributed by atoms with Crippen LogP contribution >= 0.6 is 0 Å². The molecule has 1 atom stereocenters. The molecule has 1 unspecified atom stereocenters. The molecule has 0 saturated heterocycles. The van der Waals surface area contributed by atoms with Crippen LogP contribution in [-0.4, -0.2) is 56.5 Å². The molecule has 0 aliphatic heterocycles. The molecule has 0 aromatic carbocycles. The molecule has 0 amide bonds.